The van der Waals surface area contributed by atoms with Crippen molar-refractivity contribution in [1.82, 2.24) is 5.32 Å². The van der Waals surface area contributed by atoms with Crippen molar-refractivity contribution in [2.24, 2.45) is 5.92 Å². The van der Waals surface area contributed by atoms with Crippen molar-refractivity contribution < 1.29 is 4.74 Å². The van der Waals surface area contributed by atoms with E-state index in [0.29, 0.717) is 11.3 Å². The van der Waals surface area contributed by atoms with Crippen LogP contribution in [0.1, 0.15) is 43.2 Å². The zero-order valence-corrected chi connectivity index (χ0v) is 11.6. The number of rotatable bonds is 6. The van der Waals surface area contributed by atoms with E-state index in [1.807, 2.05) is 18.2 Å². The molecule has 0 aliphatic heterocycles. The van der Waals surface area contributed by atoms with Gasteiger partial charge in [-0.2, -0.15) is 5.26 Å². The first-order valence-corrected chi connectivity index (χ1v) is 7.11. The molecule has 0 atom stereocenters. The Morgan fingerprint density at radius 3 is 2.84 bits per heavy atom. The molecule has 3 nitrogen and oxygen atoms in total. The second-order valence-corrected chi connectivity index (χ2v) is 5.26. The molecule has 1 fully saturated rings. The van der Waals surface area contributed by atoms with Gasteiger partial charge < -0.3 is 10.1 Å². The molecule has 1 aliphatic carbocycles. The zero-order chi connectivity index (χ0) is 13.5. The fraction of sp³-hybridized carbons (Fsp3) is 0.562. The molecule has 0 aromatic heterocycles. The van der Waals surface area contributed by atoms with E-state index in [0.717, 1.165) is 24.6 Å². The van der Waals surface area contributed by atoms with Gasteiger partial charge in [0.15, 0.2) is 0 Å². The standard InChI is InChI=1S/C16H22N2O/c1-19-16-7-6-14(10-15(16)11-17)12-18-9-8-13-4-2-3-5-13/h6-7,10,13,18H,2-5,8-9,12H2,1H3. The number of nitrogens with zero attached hydrogens (tertiary/aromatic N) is 1. The van der Waals surface area contributed by atoms with Crippen molar-refractivity contribution in [3.05, 3.63) is 29.3 Å². The molecule has 1 N–H and O–H groups in total. The minimum atomic E-state index is 0.609. The van der Waals surface area contributed by atoms with Crippen molar-refractivity contribution >= 4 is 0 Å². The van der Waals surface area contributed by atoms with Crippen LogP contribution in [0.3, 0.4) is 0 Å². The van der Waals surface area contributed by atoms with Crippen molar-refractivity contribution in [3.8, 4) is 11.8 Å². The van der Waals surface area contributed by atoms with Crippen LogP contribution >= 0.6 is 0 Å². The molecule has 19 heavy (non-hydrogen) atoms. The van der Waals surface area contributed by atoms with Crippen LogP contribution in [-0.2, 0) is 6.54 Å². The Bertz CT molecular complexity index is 445. The molecule has 1 saturated carbocycles. The summed E-state index contributed by atoms with van der Waals surface area (Å²) >= 11 is 0. The Hall–Kier alpha value is -1.53. The normalized spacial score (nSPS) is 15.4. The monoisotopic (exact) mass is 258 g/mol. The summed E-state index contributed by atoms with van der Waals surface area (Å²) in [4.78, 5) is 0. The summed E-state index contributed by atoms with van der Waals surface area (Å²) < 4.78 is 5.14. The summed E-state index contributed by atoms with van der Waals surface area (Å²) in [5.74, 6) is 1.58. The maximum atomic E-state index is 9.04. The maximum absolute atomic E-state index is 9.04. The van der Waals surface area contributed by atoms with Gasteiger partial charge in [-0.05, 0) is 36.6 Å². The summed E-state index contributed by atoms with van der Waals surface area (Å²) in [7, 11) is 1.59. The Morgan fingerprint density at radius 1 is 1.37 bits per heavy atom. The van der Waals surface area contributed by atoms with Gasteiger partial charge in [0, 0.05) is 6.54 Å². The van der Waals surface area contributed by atoms with E-state index >= 15 is 0 Å². The lowest BCUT2D eigenvalue weighted by Gasteiger charge is -2.10. The number of ether oxygens (including phenoxy) is 1. The minimum Gasteiger partial charge on any atom is -0.495 e. The number of nitrogens with one attached hydrogen (secondary N) is 1. The van der Waals surface area contributed by atoms with Crippen LogP contribution in [0.5, 0.6) is 5.75 Å². The summed E-state index contributed by atoms with van der Waals surface area (Å²) in [6, 6.07) is 7.96. The SMILES string of the molecule is COc1ccc(CNCCC2CCCC2)cc1C#N. The molecule has 3 heteroatoms. The van der Waals surface area contributed by atoms with E-state index in [-0.39, 0.29) is 0 Å². The largest absolute Gasteiger partial charge is 0.495 e. The number of nitriles is 1. The van der Waals surface area contributed by atoms with Gasteiger partial charge in [0.1, 0.15) is 11.8 Å². The Balaban J connectivity index is 1.77. The first-order valence-electron chi connectivity index (χ1n) is 7.11. The molecule has 2 rings (SSSR count). The van der Waals surface area contributed by atoms with Gasteiger partial charge >= 0.3 is 0 Å². The molecule has 1 aromatic rings. The van der Waals surface area contributed by atoms with E-state index in [4.69, 9.17) is 10.00 Å². The van der Waals surface area contributed by atoms with Gasteiger partial charge in [-0.1, -0.05) is 31.7 Å². The average Bonchev–Trinajstić information content (AvgIpc) is 2.96. The topological polar surface area (TPSA) is 45.0 Å². The lowest BCUT2D eigenvalue weighted by atomic mass is 10.0. The smallest absolute Gasteiger partial charge is 0.136 e. The van der Waals surface area contributed by atoms with E-state index in [9.17, 15) is 0 Å². The Kier molecular flexibility index (Phi) is 5.23. The predicted octanol–water partition coefficient (Wildman–Crippen LogP) is 3.24. The third-order valence-corrected chi connectivity index (χ3v) is 3.92. The van der Waals surface area contributed by atoms with Crippen molar-refractivity contribution in [2.45, 2.75) is 38.6 Å². The minimum absolute atomic E-state index is 0.609. The molecule has 0 unspecified atom stereocenters. The van der Waals surface area contributed by atoms with Gasteiger partial charge in [0.2, 0.25) is 0 Å². The van der Waals surface area contributed by atoms with Crippen LogP contribution in [0.15, 0.2) is 18.2 Å². The highest BCUT2D eigenvalue weighted by Gasteiger charge is 2.13. The van der Waals surface area contributed by atoms with Crippen molar-refractivity contribution in [3.63, 3.8) is 0 Å². The summed E-state index contributed by atoms with van der Waals surface area (Å²) in [5, 5.41) is 12.5. The van der Waals surface area contributed by atoms with E-state index < -0.39 is 0 Å². The average molecular weight is 258 g/mol. The molecule has 1 aromatic carbocycles. The molecule has 0 bridgehead atoms. The molecular formula is C16H22N2O. The number of hydrogen-bond acceptors (Lipinski definition) is 3. The van der Waals surface area contributed by atoms with Gasteiger partial charge in [-0.25, -0.2) is 0 Å². The van der Waals surface area contributed by atoms with Crippen LogP contribution in [0, 0.1) is 17.2 Å². The van der Waals surface area contributed by atoms with Gasteiger partial charge in [-0.15, -0.1) is 0 Å². The summed E-state index contributed by atoms with van der Waals surface area (Å²) in [5.41, 5.74) is 1.75. The molecular weight excluding hydrogens is 236 g/mol. The molecule has 1 aliphatic rings. The number of benzene rings is 1. The fourth-order valence-electron chi connectivity index (χ4n) is 2.79. The summed E-state index contributed by atoms with van der Waals surface area (Å²) in [6.45, 7) is 1.89. The Labute approximate surface area is 115 Å². The highest BCUT2D eigenvalue weighted by Crippen LogP contribution is 2.27. The molecule has 0 amide bonds. The molecule has 0 heterocycles. The van der Waals surface area contributed by atoms with Gasteiger partial charge in [0.25, 0.3) is 0 Å². The Morgan fingerprint density at radius 2 is 2.16 bits per heavy atom. The lowest BCUT2D eigenvalue weighted by molar-refractivity contribution is 0.413. The second-order valence-electron chi connectivity index (χ2n) is 5.26. The molecule has 0 saturated heterocycles. The molecule has 0 spiro atoms. The summed E-state index contributed by atoms with van der Waals surface area (Å²) in [6.07, 6.45) is 6.91. The van der Waals surface area contributed by atoms with Gasteiger partial charge in [0.05, 0.1) is 12.7 Å². The molecule has 102 valence electrons. The maximum Gasteiger partial charge on any atom is 0.136 e. The quantitative estimate of drug-likeness (QED) is 0.797. The zero-order valence-electron chi connectivity index (χ0n) is 11.6. The third kappa shape index (κ3) is 3.97. The number of hydrogen-bond donors (Lipinski definition) is 1. The predicted molar refractivity (Wildman–Crippen MR) is 76.0 cm³/mol. The van der Waals surface area contributed by atoms with Crippen LogP contribution in [0.4, 0.5) is 0 Å². The van der Waals surface area contributed by atoms with Crippen LogP contribution in [0.2, 0.25) is 0 Å². The highest BCUT2D eigenvalue weighted by atomic mass is 16.5. The number of methoxy groups -OCH3 is 1. The third-order valence-electron chi connectivity index (χ3n) is 3.92. The van der Waals surface area contributed by atoms with Crippen LogP contribution in [-0.4, -0.2) is 13.7 Å². The highest BCUT2D eigenvalue weighted by molar-refractivity contribution is 5.45. The van der Waals surface area contributed by atoms with Crippen molar-refractivity contribution in [2.75, 3.05) is 13.7 Å². The lowest BCUT2D eigenvalue weighted by Crippen LogP contribution is -2.17. The van der Waals surface area contributed by atoms with E-state index in [1.54, 1.807) is 7.11 Å². The van der Waals surface area contributed by atoms with E-state index in [1.165, 1.54) is 32.1 Å². The van der Waals surface area contributed by atoms with Crippen LogP contribution in [0.25, 0.3) is 0 Å². The van der Waals surface area contributed by atoms with E-state index in [2.05, 4.69) is 11.4 Å². The van der Waals surface area contributed by atoms with Crippen molar-refractivity contribution in [1.29, 1.82) is 5.26 Å². The second kappa shape index (κ2) is 7.16. The molecule has 0 radical (unpaired) electrons. The van der Waals surface area contributed by atoms with Gasteiger partial charge in [-0.3, -0.25) is 0 Å². The first kappa shape index (κ1) is 13.9. The fourth-order valence-corrected chi connectivity index (χ4v) is 2.79. The first-order chi connectivity index (χ1) is 9.33. The van der Waals surface area contributed by atoms with Crippen LogP contribution < -0.4 is 10.1 Å².